The third-order valence-electron chi connectivity index (χ3n) is 8.70. The second kappa shape index (κ2) is 10.5. The van der Waals surface area contributed by atoms with E-state index in [1.54, 1.807) is 0 Å². The molecule has 224 valence electrons. The lowest BCUT2D eigenvalue weighted by Gasteiger charge is -2.19. The number of hydrogen-bond acceptors (Lipinski definition) is 3. The Hall–Kier alpha value is -5.16. The number of H-pyrrole nitrogens is 2. The zero-order chi connectivity index (χ0) is 31.5. The van der Waals surface area contributed by atoms with Gasteiger partial charge in [-0.1, -0.05) is 90.1 Å². The topological polar surface area (TPSA) is 83.4 Å². The quantitative estimate of drug-likeness (QED) is 0.188. The summed E-state index contributed by atoms with van der Waals surface area (Å²) in [5.74, 6) is 0. The summed E-state index contributed by atoms with van der Waals surface area (Å²) < 4.78 is 0. The van der Waals surface area contributed by atoms with Crippen molar-refractivity contribution >= 4 is 52.1 Å². The Labute approximate surface area is 264 Å². The first kappa shape index (κ1) is 28.6. The van der Waals surface area contributed by atoms with Gasteiger partial charge in [-0.3, -0.25) is 0 Å². The Morgan fingerprint density at radius 3 is 1.60 bits per heavy atom. The molecule has 0 unspecified atom stereocenters. The predicted octanol–water partition coefficient (Wildman–Crippen LogP) is 10.2. The molecule has 3 aromatic heterocycles. The normalized spacial score (nSPS) is 13.0. The molecule has 5 aromatic rings. The first-order chi connectivity index (χ1) is 21.4. The Balaban J connectivity index is 1.50. The lowest BCUT2D eigenvalue weighted by Crippen LogP contribution is -2.10. The molecule has 2 aromatic carbocycles. The third-order valence-corrected chi connectivity index (χ3v) is 8.70. The predicted molar refractivity (Wildman–Crippen MR) is 192 cm³/mol. The summed E-state index contributed by atoms with van der Waals surface area (Å²) in [6, 6.07) is 28.0. The van der Waals surface area contributed by atoms with E-state index in [0.717, 1.165) is 67.1 Å². The second-order valence-corrected chi connectivity index (χ2v) is 14.0. The smallest absolute Gasteiger partial charge is 0.0888 e. The highest BCUT2D eigenvalue weighted by molar-refractivity contribution is 5.95. The van der Waals surface area contributed by atoms with Crippen LogP contribution in [0.5, 0.6) is 0 Å². The van der Waals surface area contributed by atoms with Crippen molar-refractivity contribution in [2.75, 3.05) is 5.73 Å². The number of anilines is 1. The molecule has 0 spiro atoms. The molecule has 2 aliphatic rings. The molecule has 4 N–H and O–H groups in total. The van der Waals surface area contributed by atoms with Crippen LogP contribution in [0.15, 0.2) is 78.9 Å². The zero-order valence-corrected chi connectivity index (χ0v) is 26.8. The largest absolute Gasteiger partial charge is 0.395 e. The molecule has 0 saturated carbocycles. The Bertz CT molecular complexity index is 2100. The van der Waals surface area contributed by atoms with Crippen LogP contribution in [0.2, 0.25) is 0 Å². The van der Waals surface area contributed by atoms with Crippen LogP contribution in [0.3, 0.4) is 0 Å². The fraction of sp³-hybridized carbons (Fsp3) is 0.200. The van der Waals surface area contributed by atoms with E-state index in [9.17, 15) is 0 Å². The van der Waals surface area contributed by atoms with Gasteiger partial charge in [0.1, 0.15) is 0 Å². The molecule has 0 amide bonds. The molecular weight excluding hydrogens is 550 g/mol. The van der Waals surface area contributed by atoms with Gasteiger partial charge in [-0.15, -0.1) is 0 Å². The Kier molecular flexibility index (Phi) is 6.66. The monoisotopic (exact) mass is 589 g/mol. The number of fused-ring (bicyclic) bond motifs is 8. The molecule has 5 heteroatoms. The highest BCUT2D eigenvalue weighted by Gasteiger charge is 2.18. The van der Waals surface area contributed by atoms with Crippen LogP contribution in [0.25, 0.3) is 68.6 Å². The molecule has 0 fully saturated rings. The molecule has 2 aliphatic heterocycles. The minimum Gasteiger partial charge on any atom is -0.395 e. The van der Waals surface area contributed by atoms with E-state index >= 15 is 0 Å². The van der Waals surface area contributed by atoms with Crippen LogP contribution < -0.4 is 5.73 Å². The summed E-state index contributed by atoms with van der Waals surface area (Å²) in [5.41, 5.74) is 21.5. The highest BCUT2D eigenvalue weighted by Crippen LogP contribution is 2.35. The maximum atomic E-state index is 6.80. The van der Waals surface area contributed by atoms with Crippen LogP contribution >= 0.6 is 0 Å². The van der Waals surface area contributed by atoms with Gasteiger partial charge in [-0.05, 0) is 87.7 Å². The first-order valence-electron chi connectivity index (χ1n) is 15.5. The molecule has 7 rings (SSSR count). The van der Waals surface area contributed by atoms with Crippen molar-refractivity contribution in [2.24, 2.45) is 0 Å². The number of nitrogens with one attached hydrogen (secondary N) is 2. The van der Waals surface area contributed by atoms with Crippen LogP contribution in [-0.2, 0) is 10.8 Å². The summed E-state index contributed by atoms with van der Waals surface area (Å²) in [6.07, 6.45) is 8.22. The van der Waals surface area contributed by atoms with Gasteiger partial charge in [0.05, 0.1) is 34.0 Å². The molecule has 0 atom stereocenters. The summed E-state index contributed by atoms with van der Waals surface area (Å²) in [5, 5.41) is 0. The van der Waals surface area contributed by atoms with Gasteiger partial charge in [-0.2, -0.15) is 0 Å². The Morgan fingerprint density at radius 1 is 0.511 bits per heavy atom. The summed E-state index contributed by atoms with van der Waals surface area (Å²) >= 11 is 0. The van der Waals surface area contributed by atoms with Crippen molar-refractivity contribution in [3.63, 3.8) is 0 Å². The van der Waals surface area contributed by atoms with Crippen molar-refractivity contribution in [1.82, 2.24) is 19.9 Å². The van der Waals surface area contributed by atoms with Gasteiger partial charge in [0.2, 0.25) is 0 Å². The fourth-order valence-corrected chi connectivity index (χ4v) is 6.04. The summed E-state index contributed by atoms with van der Waals surface area (Å²) in [4.78, 5) is 17.4. The third kappa shape index (κ3) is 5.40. The average Bonchev–Trinajstić information content (AvgIpc) is 3.82. The van der Waals surface area contributed by atoms with Gasteiger partial charge in [-0.25, -0.2) is 9.97 Å². The number of hydrogen-bond donors (Lipinski definition) is 3. The minimum atomic E-state index is 0.0703. The van der Waals surface area contributed by atoms with Crippen LogP contribution in [-0.4, -0.2) is 19.9 Å². The summed E-state index contributed by atoms with van der Waals surface area (Å²) in [7, 11) is 0. The van der Waals surface area contributed by atoms with E-state index < -0.39 is 0 Å². The van der Waals surface area contributed by atoms with E-state index in [-0.39, 0.29) is 10.8 Å². The number of nitrogens with zero attached hydrogens (tertiary/aromatic N) is 2. The average molecular weight is 590 g/mol. The van der Waals surface area contributed by atoms with Crippen molar-refractivity contribution in [1.29, 1.82) is 0 Å². The second-order valence-electron chi connectivity index (χ2n) is 14.0. The van der Waals surface area contributed by atoms with Gasteiger partial charge in [0, 0.05) is 27.7 Å². The number of aromatic amines is 2. The van der Waals surface area contributed by atoms with Crippen molar-refractivity contribution in [3.8, 4) is 22.3 Å². The number of rotatable bonds is 2. The maximum Gasteiger partial charge on any atom is 0.0888 e. The van der Waals surface area contributed by atoms with E-state index in [1.165, 1.54) is 11.1 Å². The van der Waals surface area contributed by atoms with E-state index in [0.29, 0.717) is 5.69 Å². The van der Waals surface area contributed by atoms with E-state index in [4.69, 9.17) is 15.7 Å². The SMILES string of the molecule is CC(C)(C)c1ccc(-c2c3nc(c(N)c4ccc([nH]4)c(-c4ccc(C(C)(C)C)cc4)c4nc(cc5ccc2[nH]5)C=C4)C=C3)cc1. The minimum absolute atomic E-state index is 0.0703. The standard InChI is InChI=1S/C40H39N5/c1-39(2,3)26-11-7-24(8-12-26)36-30-17-15-28(42-30)23-29-16-18-31(43-29)37(25-9-13-27(14-10-25)40(4,5)6)33-20-22-35(45-33)38(41)34-21-19-32(36)44-34/h7-23,42,45H,41H2,1-6H3. The molecule has 45 heavy (non-hydrogen) atoms. The van der Waals surface area contributed by atoms with Gasteiger partial charge < -0.3 is 15.7 Å². The highest BCUT2D eigenvalue weighted by atomic mass is 14.8. The summed E-state index contributed by atoms with van der Waals surface area (Å²) in [6.45, 7) is 13.4. The Morgan fingerprint density at radius 2 is 1.00 bits per heavy atom. The van der Waals surface area contributed by atoms with Crippen molar-refractivity contribution < 1.29 is 0 Å². The number of benzene rings is 2. The lowest BCUT2D eigenvalue weighted by atomic mass is 9.86. The number of nitrogen functional groups attached to an aromatic ring is 1. The van der Waals surface area contributed by atoms with E-state index in [1.807, 2.05) is 12.1 Å². The van der Waals surface area contributed by atoms with Gasteiger partial charge in [0.15, 0.2) is 0 Å². The zero-order valence-electron chi connectivity index (χ0n) is 26.8. The molecular formula is C40H39N5. The lowest BCUT2D eigenvalue weighted by molar-refractivity contribution is 0.590. The molecule has 5 nitrogen and oxygen atoms in total. The molecule has 0 saturated heterocycles. The van der Waals surface area contributed by atoms with Crippen molar-refractivity contribution in [2.45, 2.75) is 52.4 Å². The maximum absolute atomic E-state index is 6.80. The van der Waals surface area contributed by atoms with Crippen LogP contribution in [0.1, 0.15) is 75.4 Å². The number of aromatic nitrogens is 4. The molecule has 0 radical (unpaired) electrons. The van der Waals surface area contributed by atoms with Gasteiger partial charge >= 0.3 is 0 Å². The van der Waals surface area contributed by atoms with Gasteiger partial charge in [0.25, 0.3) is 0 Å². The van der Waals surface area contributed by atoms with Crippen LogP contribution in [0.4, 0.5) is 5.69 Å². The molecule has 8 bridgehead atoms. The molecule has 5 heterocycles. The van der Waals surface area contributed by atoms with E-state index in [2.05, 4.69) is 143 Å². The molecule has 0 aliphatic carbocycles. The van der Waals surface area contributed by atoms with Crippen molar-refractivity contribution in [3.05, 3.63) is 113 Å². The number of nitrogens with two attached hydrogens (primary N) is 1. The first-order valence-corrected chi connectivity index (χ1v) is 15.5. The fourth-order valence-electron chi connectivity index (χ4n) is 6.04. The van der Waals surface area contributed by atoms with Crippen LogP contribution in [0, 0.1) is 0 Å².